The van der Waals surface area contributed by atoms with Crippen LogP contribution >= 0.6 is 0 Å². The Kier molecular flexibility index (Phi) is 9.10. The van der Waals surface area contributed by atoms with Crippen LogP contribution in [0.15, 0.2) is 42.5 Å². The fourth-order valence-corrected chi connectivity index (χ4v) is 5.65. The molecule has 162 valence electrons. The summed E-state index contributed by atoms with van der Waals surface area (Å²) >= 11 is 0. The standard InChI is InChI=1S/C29H43B/c1-3-5-7-9-11-15-21-29(22-16-12-10-8-6-4-2)27-18-14-13-17-25(27)26-20-19-24(30)23-28(26)29/h13-14,17-20,23H,3-12,15-16,21-22,30H2,1-2H3. The van der Waals surface area contributed by atoms with Crippen LogP contribution < -0.4 is 5.46 Å². The first-order chi connectivity index (χ1) is 14.7. The summed E-state index contributed by atoms with van der Waals surface area (Å²) in [6.45, 7) is 4.62. The van der Waals surface area contributed by atoms with Gasteiger partial charge in [0.2, 0.25) is 0 Å². The molecular formula is C29H43B. The van der Waals surface area contributed by atoms with Crippen LogP contribution in [-0.4, -0.2) is 7.85 Å². The molecule has 0 amide bonds. The molecule has 0 radical (unpaired) electrons. The number of hydrogen-bond acceptors (Lipinski definition) is 0. The van der Waals surface area contributed by atoms with E-state index in [9.17, 15) is 0 Å². The Morgan fingerprint density at radius 3 is 1.77 bits per heavy atom. The maximum absolute atomic E-state index is 2.52. The lowest BCUT2D eigenvalue weighted by molar-refractivity contribution is 0.398. The molecule has 0 spiro atoms. The second-order valence-electron chi connectivity index (χ2n) is 9.71. The lowest BCUT2D eigenvalue weighted by Gasteiger charge is -2.33. The average Bonchev–Trinajstić information content (AvgIpc) is 3.03. The van der Waals surface area contributed by atoms with E-state index < -0.39 is 0 Å². The van der Waals surface area contributed by atoms with Crippen LogP contribution in [0.3, 0.4) is 0 Å². The van der Waals surface area contributed by atoms with Gasteiger partial charge in [-0.25, -0.2) is 0 Å². The zero-order valence-electron chi connectivity index (χ0n) is 19.9. The SMILES string of the molecule is Bc1ccc2c(c1)C(CCCCCCCC)(CCCCCCCC)c1ccccc1-2. The van der Waals surface area contributed by atoms with Gasteiger partial charge in [0.25, 0.3) is 0 Å². The van der Waals surface area contributed by atoms with Crippen LogP contribution in [0.4, 0.5) is 0 Å². The molecule has 0 N–H and O–H groups in total. The van der Waals surface area contributed by atoms with Crippen molar-refractivity contribution < 1.29 is 0 Å². The maximum Gasteiger partial charge on any atom is 0.139 e. The number of fused-ring (bicyclic) bond motifs is 3. The van der Waals surface area contributed by atoms with Crippen molar-refractivity contribution in [1.82, 2.24) is 0 Å². The smallest absolute Gasteiger partial charge is 0.0886 e. The summed E-state index contributed by atoms with van der Waals surface area (Å²) in [5, 5.41) is 0. The predicted molar refractivity (Wildman–Crippen MR) is 137 cm³/mol. The summed E-state index contributed by atoms with van der Waals surface area (Å²) in [5.74, 6) is 0. The Hall–Kier alpha value is -1.50. The summed E-state index contributed by atoms with van der Waals surface area (Å²) in [6, 6.07) is 16.5. The van der Waals surface area contributed by atoms with Crippen molar-refractivity contribution in [2.75, 3.05) is 0 Å². The highest BCUT2D eigenvalue weighted by molar-refractivity contribution is 6.32. The number of hydrogen-bond donors (Lipinski definition) is 0. The van der Waals surface area contributed by atoms with Gasteiger partial charge in [0.05, 0.1) is 0 Å². The molecule has 1 heteroatoms. The van der Waals surface area contributed by atoms with E-state index in [0.717, 1.165) is 0 Å². The molecule has 0 unspecified atom stereocenters. The van der Waals surface area contributed by atoms with Gasteiger partial charge in [-0.2, -0.15) is 0 Å². The fraction of sp³-hybridized carbons (Fsp3) is 0.586. The largest absolute Gasteiger partial charge is 0.139 e. The molecule has 0 nitrogen and oxygen atoms in total. The van der Waals surface area contributed by atoms with Crippen LogP contribution in [0.1, 0.15) is 115 Å². The van der Waals surface area contributed by atoms with Crippen LogP contribution in [0.5, 0.6) is 0 Å². The molecule has 2 aromatic rings. The highest BCUT2D eigenvalue weighted by atomic mass is 14.4. The Morgan fingerprint density at radius 2 is 1.13 bits per heavy atom. The zero-order valence-corrected chi connectivity index (χ0v) is 19.9. The molecule has 3 rings (SSSR count). The van der Waals surface area contributed by atoms with E-state index >= 15 is 0 Å². The molecule has 30 heavy (non-hydrogen) atoms. The third-order valence-corrected chi connectivity index (χ3v) is 7.34. The van der Waals surface area contributed by atoms with E-state index in [0.29, 0.717) is 0 Å². The lowest BCUT2D eigenvalue weighted by atomic mass is 9.70. The Labute approximate surface area is 187 Å². The molecule has 0 saturated heterocycles. The van der Waals surface area contributed by atoms with E-state index in [2.05, 4.69) is 64.2 Å². The molecule has 0 bridgehead atoms. The third kappa shape index (κ3) is 5.40. The van der Waals surface area contributed by atoms with Crippen molar-refractivity contribution in [1.29, 1.82) is 0 Å². The van der Waals surface area contributed by atoms with Crippen molar-refractivity contribution in [3.05, 3.63) is 53.6 Å². The van der Waals surface area contributed by atoms with Gasteiger partial charge in [-0.1, -0.05) is 139 Å². The van der Waals surface area contributed by atoms with E-state index in [1.54, 1.807) is 11.1 Å². The average molecular weight is 402 g/mol. The van der Waals surface area contributed by atoms with Gasteiger partial charge in [0.1, 0.15) is 7.85 Å². The number of unbranched alkanes of at least 4 members (excludes halogenated alkanes) is 10. The second-order valence-corrected chi connectivity index (χ2v) is 9.71. The van der Waals surface area contributed by atoms with Crippen molar-refractivity contribution in [3.8, 4) is 11.1 Å². The summed E-state index contributed by atoms with van der Waals surface area (Å²) in [6.07, 6.45) is 19.2. The molecule has 1 aliphatic carbocycles. The molecule has 0 atom stereocenters. The van der Waals surface area contributed by atoms with Gasteiger partial charge >= 0.3 is 0 Å². The molecule has 0 aliphatic heterocycles. The Morgan fingerprint density at radius 1 is 0.600 bits per heavy atom. The normalized spacial score (nSPS) is 13.9. The van der Waals surface area contributed by atoms with E-state index in [-0.39, 0.29) is 5.41 Å². The fourth-order valence-electron chi connectivity index (χ4n) is 5.65. The summed E-state index contributed by atoms with van der Waals surface area (Å²) < 4.78 is 0. The van der Waals surface area contributed by atoms with Crippen LogP contribution in [0.2, 0.25) is 0 Å². The van der Waals surface area contributed by atoms with Gasteiger partial charge < -0.3 is 0 Å². The highest BCUT2D eigenvalue weighted by Crippen LogP contribution is 2.53. The van der Waals surface area contributed by atoms with Crippen molar-refractivity contribution >= 4 is 13.3 Å². The van der Waals surface area contributed by atoms with Gasteiger partial charge in [0.15, 0.2) is 0 Å². The van der Waals surface area contributed by atoms with E-state index in [4.69, 9.17) is 0 Å². The molecule has 0 fully saturated rings. The second kappa shape index (κ2) is 11.8. The first-order valence-electron chi connectivity index (χ1n) is 12.9. The van der Waals surface area contributed by atoms with Gasteiger partial charge in [-0.15, -0.1) is 0 Å². The maximum atomic E-state index is 2.52. The topological polar surface area (TPSA) is 0 Å². The third-order valence-electron chi connectivity index (χ3n) is 7.34. The van der Waals surface area contributed by atoms with E-state index in [1.165, 1.54) is 106 Å². The number of benzene rings is 2. The molecule has 2 aromatic carbocycles. The van der Waals surface area contributed by atoms with Gasteiger partial charge in [-0.05, 0) is 35.1 Å². The molecular weight excluding hydrogens is 359 g/mol. The minimum Gasteiger partial charge on any atom is -0.0886 e. The minimum absolute atomic E-state index is 0.244. The van der Waals surface area contributed by atoms with Crippen LogP contribution in [0, 0.1) is 0 Å². The molecule has 0 aromatic heterocycles. The number of rotatable bonds is 14. The zero-order chi connectivity index (χ0) is 21.2. The molecule has 0 heterocycles. The Bertz CT molecular complexity index is 760. The lowest BCUT2D eigenvalue weighted by Crippen LogP contribution is -2.26. The van der Waals surface area contributed by atoms with Crippen molar-refractivity contribution in [3.63, 3.8) is 0 Å². The van der Waals surface area contributed by atoms with Crippen LogP contribution in [0.25, 0.3) is 11.1 Å². The van der Waals surface area contributed by atoms with Gasteiger partial charge in [-0.3, -0.25) is 0 Å². The monoisotopic (exact) mass is 402 g/mol. The highest BCUT2D eigenvalue weighted by Gasteiger charge is 2.41. The van der Waals surface area contributed by atoms with Gasteiger partial charge in [0, 0.05) is 5.41 Å². The first-order valence-corrected chi connectivity index (χ1v) is 12.9. The summed E-state index contributed by atoms with van der Waals surface area (Å²) in [7, 11) is 2.27. The summed E-state index contributed by atoms with van der Waals surface area (Å²) in [4.78, 5) is 0. The van der Waals surface area contributed by atoms with Crippen molar-refractivity contribution in [2.24, 2.45) is 0 Å². The first kappa shape index (κ1) is 23.2. The van der Waals surface area contributed by atoms with Crippen LogP contribution in [-0.2, 0) is 5.41 Å². The molecule has 0 saturated carbocycles. The quantitative estimate of drug-likeness (QED) is 0.224. The summed E-state index contributed by atoms with van der Waals surface area (Å²) in [5.41, 5.74) is 7.92. The predicted octanol–water partition coefficient (Wildman–Crippen LogP) is 7.71. The minimum atomic E-state index is 0.244. The Balaban J connectivity index is 1.80. The van der Waals surface area contributed by atoms with E-state index in [1.807, 2.05) is 0 Å². The van der Waals surface area contributed by atoms with Crippen molar-refractivity contribution in [2.45, 2.75) is 109 Å². The molecule has 1 aliphatic rings.